The van der Waals surface area contributed by atoms with Gasteiger partial charge in [0, 0.05) is 12.3 Å². The molecule has 0 radical (unpaired) electrons. The van der Waals surface area contributed by atoms with Gasteiger partial charge in [-0.2, -0.15) is 0 Å². The number of aromatic nitrogens is 2. The number of methoxy groups -OCH3 is 1. The second kappa shape index (κ2) is 5.81. The maximum absolute atomic E-state index is 10.8. The number of carboxylic acid groups (broad SMARTS) is 1. The van der Waals surface area contributed by atoms with E-state index in [2.05, 4.69) is 9.97 Å². The monoisotopic (exact) mass is 260 g/mol. The molecule has 0 aliphatic carbocycles. The average molecular weight is 260 g/mol. The van der Waals surface area contributed by atoms with Crippen LogP contribution in [0.5, 0.6) is 11.6 Å². The molecule has 2 aromatic heterocycles. The minimum atomic E-state index is -1.04. The molecule has 0 saturated carbocycles. The van der Waals surface area contributed by atoms with E-state index in [9.17, 15) is 4.79 Å². The fraction of sp³-hybridized carbons (Fsp3) is 0.154. The first-order chi connectivity index (χ1) is 9.19. The van der Waals surface area contributed by atoms with Gasteiger partial charge in [-0.3, -0.25) is 4.98 Å². The van der Waals surface area contributed by atoms with E-state index < -0.39 is 5.97 Å². The van der Waals surface area contributed by atoms with Gasteiger partial charge < -0.3 is 14.6 Å². The molecule has 0 saturated heterocycles. The Balaban J connectivity index is 2.05. The summed E-state index contributed by atoms with van der Waals surface area (Å²) >= 11 is 0. The molecule has 1 N–H and O–H groups in total. The standard InChI is InChI=1S/C13H12N2O4/c1-18-12-4-2-3-10(15-12)8-19-11-5-9(13(16)17)6-14-7-11/h2-7H,8H2,1H3,(H,16,17). The summed E-state index contributed by atoms with van der Waals surface area (Å²) < 4.78 is 10.4. The number of hydrogen-bond acceptors (Lipinski definition) is 5. The summed E-state index contributed by atoms with van der Waals surface area (Å²) in [5.41, 5.74) is 0.760. The zero-order chi connectivity index (χ0) is 13.7. The van der Waals surface area contributed by atoms with Gasteiger partial charge in [-0.25, -0.2) is 9.78 Å². The van der Waals surface area contributed by atoms with Gasteiger partial charge in [0.05, 0.1) is 24.6 Å². The molecule has 2 heterocycles. The van der Waals surface area contributed by atoms with E-state index in [4.69, 9.17) is 14.6 Å². The molecule has 0 aliphatic heterocycles. The lowest BCUT2D eigenvalue weighted by atomic mass is 10.3. The number of carbonyl (C=O) groups is 1. The van der Waals surface area contributed by atoms with Crippen LogP contribution in [0.2, 0.25) is 0 Å². The van der Waals surface area contributed by atoms with Gasteiger partial charge in [0.1, 0.15) is 12.4 Å². The Labute approximate surface area is 109 Å². The van der Waals surface area contributed by atoms with Gasteiger partial charge >= 0.3 is 5.97 Å². The highest BCUT2D eigenvalue weighted by Gasteiger charge is 2.05. The van der Waals surface area contributed by atoms with Gasteiger partial charge in [0.15, 0.2) is 0 Å². The van der Waals surface area contributed by atoms with Gasteiger partial charge in [-0.1, -0.05) is 6.07 Å². The molecule has 6 nitrogen and oxygen atoms in total. The van der Waals surface area contributed by atoms with Crippen LogP contribution in [0.15, 0.2) is 36.7 Å². The first-order valence-electron chi connectivity index (χ1n) is 5.50. The zero-order valence-electron chi connectivity index (χ0n) is 10.2. The number of carboxylic acids is 1. The summed E-state index contributed by atoms with van der Waals surface area (Å²) in [6.07, 6.45) is 2.71. The van der Waals surface area contributed by atoms with Crippen LogP contribution in [-0.2, 0) is 6.61 Å². The molecule has 0 atom stereocenters. The normalized spacial score (nSPS) is 9.95. The van der Waals surface area contributed by atoms with Crippen LogP contribution >= 0.6 is 0 Å². The number of hydrogen-bond donors (Lipinski definition) is 1. The Kier molecular flexibility index (Phi) is 3.92. The Morgan fingerprint density at radius 2 is 2.21 bits per heavy atom. The van der Waals surface area contributed by atoms with E-state index in [1.807, 2.05) is 0 Å². The predicted molar refractivity (Wildman–Crippen MR) is 66.3 cm³/mol. The summed E-state index contributed by atoms with van der Waals surface area (Å²) in [6.45, 7) is 0.210. The summed E-state index contributed by atoms with van der Waals surface area (Å²) in [6, 6.07) is 6.74. The van der Waals surface area contributed by atoms with E-state index in [0.717, 1.165) is 0 Å². The predicted octanol–water partition coefficient (Wildman–Crippen LogP) is 1.76. The Hall–Kier alpha value is -2.63. The van der Waals surface area contributed by atoms with E-state index in [1.165, 1.54) is 25.6 Å². The summed E-state index contributed by atoms with van der Waals surface area (Å²) in [5.74, 6) is -0.166. The zero-order valence-corrected chi connectivity index (χ0v) is 10.2. The molecule has 2 aromatic rings. The van der Waals surface area contributed by atoms with E-state index >= 15 is 0 Å². The van der Waals surface area contributed by atoms with Gasteiger partial charge in [-0.15, -0.1) is 0 Å². The SMILES string of the molecule is COc1cccc(COc2cncc(C(=O)O)c2)n1. The summed E-state index contributed by atoms with van der Waals surface area (Å²) in [7, 11) is 1.53. The van der Waals surface area contributed by atoms with Crippen molar-refractivity contribution in [2.75, 3.05) is 7.11 Å². The number of nitrogens with zero attached hydrogens (tertiary/aromatic N) is 2. The molecule has 19 heavy (non-hydrogen) atoms. The van der Waals surface area contributed by atoms with Crippen LogP contribution < -0.4 is 9.47 Å². The lowest BCUT2D eigenvalue weighted by Crippen LogP contribution is -2.02. The molecule has 0 bridgehead atoms. The third-order valence-electron chi connectivity index (χ3n) is 2.34. The van der Waals surface area contributed by atoms with Crippen LogP contribution in [0.1, 0.15) is 16.1 Å². The minimum Gasteiger partial charge on any atom is -0.486 e. The van der Waals surface area contributed by atoms with Crippen molar-refractivity contribution >= 4 is 5.97 Å². The Morgan fingerprint density at radius 1 is 1.37 bits per heavy atom. The average Bonchev–Trinajstić information content (AvgIpc) is 2.45. The third-order valence-corrected chi connectivity index (χ3v) is 2.34. The second-order valence-electron chi connectivity index (χ2n) is 3.67. The number of aromatic carboxylic acids is 1. The highest BCUT2D eigenvalue weighted by atomic mass is 16.5. The lowest BCUT2D eigenvalue weighted by Gasteiger charge is -2.06. The van der Waals surface area contributed by atoms with Crippen molar-refractivity contribution in [2.45, 2.75) is 6.61 Å². The number of rotatable bonds is 5. The van der Waals surface area contributed by atoms with E-state index in [-0.39, 0.29) is 12.2 Å². The molecule has 2 rings (SSSR count). The Morgan fingerprint density at radius 3 is 2.95 bits per heavy atom. The fourth-order valence-corrected chi connectivity index (χ4v) is 1.42. The highest BCUT2D eigenvalue weighted by molar-refractivity contribution is 5.87. The van der Waals surface area contributed by atoms with Crippen molar-refractivity contribution in [2.24, 2.45) is 0 Å². The van der Waals surface area contributed by atoms with Crippen molar-refractivity contribution in [3.8, 4) is 11.6 Å². The maximum atomic E-state index is 10.8. The molecule has 6 heteroatoms. The molecule has 0 aromatic carbocycles. The van der Waals surface area contributed by atoms with E-state index in [0.29, 0.717) is 17.3 Å². The van der Waals surface area contributed by atoms with Crippen LogP contribution in [0.25, 0.3) is 0 Å². The van der Waals surface area contributed by atoms with Gasteiger partial charge in [-0.05, 0) is 12.1 Å². The molecule has 0 unspecified atom stereocenters. The van der Waals surface area contributed by atoms with Gasteiger partial charge in [0.2, 0.25) is 5.88 Å². The third kappa shape index (κ3) is 3.41. The largest absolute Gasteiger partial charge is 0.486 e. The van der Waals surface area contributed by atoms with Crippen molar-refractivity contribution in [1.29, 1.82) is 0 Å². The lowest BCUT2D eigenvalue weighted by molar-refractivity contribution is 0.0696. The number of pyridine rings is 2. The molecule has 0 spiro atoms. The highest BCUT2D eigenvalue weighted by Crippen LogP contribution is 2.14. The topological polar surface area (TPSA) is 81.5 Å². The van der Waals surface area contributed by atoms with Crippen LogP contribution in [0, 0.1) is 0 Å². The minimum absolute atomic E-state index is 0.0797. The molecule has 0 aliphatic rings. The smallest absolute Gasteiger partial charge is 0.337 e. The van der Waals surface area contributed by atoms with Gasteiger partial charge in [0.25, 0.3) is 0 Å². The molecular weight excluding hydrogens is 248 g/mol. The maximum Gasteiger partial charge on any atom is 0.337 e. The van der Waals surface area contributed by atoms with Crippen LogP contribution in [0.4, 0.5) is 0 Å². The molecule has 0 amide bonds. The summed E-state index contributed by atoms with van der Waals surface area (Å²) in [5, 5.41) is 8.84. The van der Waals surface area contributed by atoms with E-state index in [1.54, 1.807) is 18.2 Å². The van der Waals surface area contributed by atoms with Crippen LogP contribution in [-0.4, -0.2) is 28.2 Å². The van der Waals surface area contributed by atoms with Crippen molar-refractivity contribution in [3.05, 3.63) is 47.9 Å². The molecule has 98 valence electrons. The molecular formula is C13H12N2O4. The quantitative estimate of drug-likeness (QED) is 0.882. The fourth-order valence-electron chi connectivity index (χ4n) is 1.42. The number of ether oxygens (including phenoxy) is 2. The van der Waals surface area contributed by atoms with Crippen molar-refractivity contribution in [1.82, 2.24) is 9.97 Å². The van der Waals surface area contributed by atoms with Crippen molar-refractivity contribution < 1.29 is 19.4 Å². The summed E-state index contributed by atoms with van der Waals surface area (Å²) in [4.78, 5) is 18.8. The van der Waals surface area contributed by atoms with Crippen molar-refractivity contribution in [3.63, 3.8) is 0 Å². The first kappa shape index (κ1) is 12.8. The molecule has 0 fully saturated rings. The Bertz CT molecular complexity index is 586. The van der Waals surface area contributed by atoms with Crippen LogP contribution in [0.3, 0.4) is 0 Å². The second-order valence-corrected chi connectivity index (χ2v) is 3.67. The first-order valence-corrected chi connectivity index (χ1v) is 5.50.